The third kappa shape index (κ3) is 4.78. The summed E-state index contributed by atoms with van der Waals surface area (Å²) in [7, 11) is 0. The van der Waals surface area contributed by atoms with E-state index in [4.69, 9.17) is 16.3 Å². The van der Waals surface area contributed by atoms with Crippen LogP contribution in [-0.4, -0.2) is 17.8 Å². The van der Waals surface area contributed by atoms with Crippen LogP contribution < -0.4 is 15.0 Å². The molecule has 1 saturated heterocycles. The van der Waals surface area contributed by atoms with Gasteiger partial charge in [-0.3, -0.25) is 14.9 Å². The van der Waals surface area contributed by atoms with Gasteiger partial charge in [-0.25, -0.2) is 14.1 Å². The van der Waals surface area contributed by atoms with E-state index in [-0.39, 0.29) is 17.9 Å². The van der Waals surface area contributed by atoms with Crippen LogP contribution in [-0.2, 0) is 16.2 Å². The summed E-state index contributed by atoms with van der Waals surface area (Å²) in [6.45, 7) is 1.75. The van der Waals surface area contributed by atoms with Gasteiger partial charge in [-0.15, -0.1) is 0 Å². The van der Waals surface area contributed by atoms with E-state index in [9.17, 15) is 18.8 Å². The molecule has 1 fully saturated rings. The first-order valence-corrected chi connectivity index (χ1v) is 10.3. The second kappa shape index (κ2) is 9.26. The van der Waals surface area contributed by atoms with Crippen molar-refractivity contribution in [1.29, 1.82) is 0 Å². The van der Waals surface area contributed by atoms with Crippen LogP contribution in [0.4, 0.5) is 14.9 Å². The average molecular weight is 465 g/mol. The number of carbonyl (C=O) groups is 3. The van der Waals surface area contributed by atoms with E-state index in [1.54, 1.807) is 48.5 Å². The average Bonchev–Trinajstić information content (AvgIpc) is 2.77. The van der Waals surface area contributed by atoms with E-state index in [2.05, 4.69) is 5.32 Å². The number of rotatable bonds is 5. The molecule has 8 heteroatoms. The van der Waals surface area contributed by atoms with Crippen molar-refractivity contribution < 1.29 is 23.5 Å². The Kier molecular flexibility index (Phi) is 6.24. The lowest BCUT2D eigenvalue weighted by Gasteiger charge is -2.26. The van der Waals surface area contributed by atoms with Crippen molar-refractivity contribution in [1.82, 2.24) is 5.32 Å². The Hall–Kier alpha value is -3.97. The molecular formula is C25H18ClFN2O4. The monoisotopic (exact) mass is 464 g/mol. The fourth-order valence-corrected chi connectivity index (χ4v) is 3.53. The number of nitrogens with one attached hydrogen (secondary N) is 1. The largest absolute Gasteiger partial charge is 0.488 e. The second-order valence-electron chi connectivity index (χ2n) is 7.36. The number of imide groups is 2. The maximum atomic E-state index is 14.0. The number of benzene rings is 3. The smallest absolute Gasteiger partial charge is 0.335 e. The molecule has 0 unspecified atom stereocenters. The van der Waals surface area contributed by atoms with Gasteiger partial charge < -0.3 is 4.74 Å². The normalized spacial score (nSPS) is 15.1. The Balaban J connectivity index is 1.69. The molecule has 0 bridgehead atoms. The molecule has 4 amide bonds. The van der Waals surface area contributed by atoms with Gasteiger partial charge in [0.25, 0.3) is 11.8 Å². The number of hydrogen-bond acceptors (Lipinski definition) is 4. The van der Waals surface area contributed by atoms with Crippen LogP contribution in [0.15, 0.2) is 72.3 Å². The fraction of sp³-hybridized carbons (Fsp3) is 0.0800. The second-order valence-corrected chi connectivity index (χ2v) is 7.80. The summed E-state index contributed by atoms with van der Waals surface area (Å²) in [6.07, 6.45) is 1.30. The van der Waals surface area contributed by atoms with Crippen LogP contribution in [0.3, 0.4) is 0 Å². The van der Waals surface area contributed by atoms with E-state index in [0.717, 1.165) is 10.5 Å². The first kappa shape index (κ1) is 22.2. The number of aryl methyl sites for hydroxylation is 1. The molecule has 33 heavy (non-hydrogen) atoms. The predicted molar refractivity (Wildman–Crippen MR) is 122 cm³/mol. The third-order valence-corrected chi connectivity index (χ3v) is 5.21. The number of nitrogens with zero attached hydrogens (tertiary/aromatic N) is 1. The van der Waals surface area contributed by atoms with Gasteiger partial charge in [-0.1, -0.05) is 41.9 Å². The predicted octanol–water partition coefficient (Wildman–Crippen LogP) is 5.03. The first-order valence-electron chi connectivity index (χ1n) is 9.97. The molecule has 0 atom stereocenters. The molecule has 3 aromatic rings. The summed E-state index contributed by atoms with van der Waals surface area (Å²) in [5.74, 6) is -1.75. The molecule has 4 rings (SSSR count). The van der Waals surface area contributed by atoms with E-state index < -0.39 is 23.7 Å². The van der Waals surface area contributed by atoms with Gasteiger partial charge in [0.05, 0.1) is 5.69 Å². The summed E-state index contributed by atoms with van der Waals surface area (Å²) in [5.41, 5.74) is 1.57. The van der Waals surface area contributed by atoms with Crippen LogP contribution in [0.2, 0.25) is 5.02 Å². The molecule has 0 spiro atoms. The molecule has 6 nitrogen and oxygen atoms in total. The van der Waals surface area contributed by atoms with Crippen molar-refractivity contribution in [3.8, 4) is 5.75 Å². The molecule has 0 radical (unpaired) electrons. The molecule has 1 N–H and O–H groups in total. The van der Waals surface area contributed by atoms with E-state index in [1.807, 2.05) is 13.0 Å². The van der Waals surface area contributed by atoms with E-state index >= 15 is 0 Å². The number of halogens is 2. The summed E-state index contributed by atoms with van der Waals surface area (Å²) in [4.78, 5) is 38.9. The Morgan fingerprint density at radius 1 is 1.03 bits per heavy atom. The molecule has 166 valence electrons. The highest BCUT2D eigenvalue weighted by atomic mass is 35.5. The SMILES string of the molecule is Cc1cccc(N2C(=O)NC(=O)/C(=C\c3cc(Cl)ccc3OCc3ccccc3F)C2=O)c1. The minimum Gasteiger partial charge on any atom is -0.488 e. The standard InChI is InChI=1S/C25H18ClFN2O4/c1-15-5-4-7-19(11-15)29-24(31)20(23(30)28-25(29)32)13-17-12-18(26)9-10-22(17)33-14-16-6-2-3-8-21(16)27/h2-13H,14H2,1H3,(H,28,30,32)/b20-13+. The van der Waals surface area contributed by atoms with Crippen LogP contribution >= 0.6 is 11.6 Å². The van der Waals surface area contributed by atoms with Crippen LogP contribution in [0.1, 0.15) is 16.7 Å². The summed E-state index contributed by atoms with van der Waals surface area (Å²) in [6, 6.07) is 16.8. The van der Waals surface area contributed by atoms with Crippen LogP contribution in [0.25, 0.3) is 6.08 Å². The minimum atomic E-state index is -0.839. The topological polar surface area (TPSA) is 75.7 Å². The number of urea groups is 1. The van der Waals surface area contributed by atoms with Crippen molar-refractivity contribution in [2.45, 2.75) is 13.5 Å². The number of hydrogen-bond donors (Lipinski definition) is 1. The van der Waals surface area contributed by atoms with Crippen molar-refractivity contribution in [2.24, 2.45) is 0 Å². The van der Waals surface area contributed by atoms with Gasteiger partial charge in [0.1, 0.15) is 23.7 Å². The molecule has 0 saturated carbocycles. The summed E-state index contributed by atoms with van der Waals surface area (Å²) >= 11 is 6.12. The minimum absolute atomic E-state index is 0.0709. The lowest BCUT2D eigenvalue weighted by molar-refractivity contribution is -0.122. The number of barbiturate groups is 1. The lowest BCUT2D eigenvalue weighted by atomic mass is 10.1. The van der Waals surface area contributed by atoms with Crippen molar-refractivity contribution >= 4 is 41.2 Å². The van der Waals surface area contributed by atoms with Gasteiger partial charge in [0, 0.05) is 16.1 Å². The number of anilines is 1. The number of amides is 4. The highest BCUT2D eigenvalue weighted by molar-refractivity contribution is 6.39. The van der Waals surface area contributed by atoms with Gasteiger partial charge in [-0.2, -0.15) is 0 Å². The van der Waals surface area contributed by atoms with Gasteiger partial charge in [0.2, 0.25) is 0 Å². The lowest BCUT2D eigenvalue weighted by Crippen LogP contribution is -2.54. The highest BCUT2D eigenvalue weighted by Crippen LogP contribution is 2.29. The first-order chi connectivity index (χ1) is 15.8. The quantitative estimate of drug-likeness (QED) is 0.424. The van der Waals surface area contributed by atoms with Gasteiger partial charge in [0.15, 0.2) is 0 Å². The molecular weight excluding hydrogens is 447 g/mol. The zero-order valence-corrected chi connectivity index (χ0v) is 18.2. The maximum absolute atomic E-state index is 14.0. The number of ether oxygens (including phenoxy) is 1. The van der Waals surface area contributed by atoms with Crippen LogP contribution in [0.5, 0.6) is 5.75 Å². The Morgan fingerprint density at radius 2 is 1.82 bits per heavy atom. The summed E-state index contributed by atoms with van der Waals surface area (Å²) < 4.78 is 19.7. The fourth-order valence-electron chi connectivity index (χ4n) is 3.35. The molecule has 0 aliphatic carbocycles. The van der Waals surface area contributed by atoms with Crippen molar-refractivity contribution in [3.63, 3.8) is 0 Å². The number of carbonyl (C=O) groups excluding carboxylic acids is 3. The van der Waals surface area contributed by atoms with E-state index in [1.165, 1.54) is 18.2 Å². The van der Waals surface area contributed by atoms with Crippen molar-refractivity contribution in [3.05, 3.63) is 99.8 Å². The van der Waals surface area contributed by atoms with E-state index in [0.29, 0.717) is 21.8 Å². The Bertz CT molecular complexity index is 1310. The van der Waals surface area contributed by atoms with Gasteiger partial charge in [-0.05, 0) is 55.0 Å². The molecule has 1 aliphatic rings. The molecule has 1 heterocycles. The molecule has 1 aliphatic heterocycles. The maximum Gasteiger partial charge on any atom is 0.335 e. The Labute approximate surface area is 194 Å². The Morgan fingerprint density at radius 3 is 2.58 bits per heavy atom. The summed E-state index contributed by atoms with van der Waals surface area (Å²) in [5, 5.41) is 2.53. The van der Waals surface area contributed by atoms with Crippen molar-refractivity contribution in [2.75, 3.05) is 4.90 Å². The molecule has 0 aromatic heterocycles. The highest BCUT2D eigenvalue weighted by Gasteiger charge is 2.37. The zero-order valence-electron chi connectivity index (χ0n) is 17.5. The third-order valence-electron chi connectivity index (χ3n) is 4.97. The molecule has 3 aromatic carbocycles. The zero-order chi connectivity index (χ0) is 23.5. The van der Waals surface area contributed by atoms with Gasteiger partial charge >= 0.3 is 6.03 Å². The van der Waals surface area contributed by atoms with Crippen LogP contribution in [0, 0.1) is 12.7 Å².